The number of alkyl halides is 3. The van der Waals surface area contributed by atoms with Gasteiger partial charge in [-0.25, -0.2) is 0 Å². The number of carbonyl (C=O) groups excluding carboxylic acids is 1. The summed E-state index contributed by atoms with van der Waals surface area (Å²) in [4.78, 5) is 15.6. The quantitative estimate of drug-likeness (QED) is 0.707. The van der Waals surface area contributed by atoms with Crippen LogP contribution in [0.3, 0.4) is 0 Å². The fourth-order valence-electron chi connectivity index (χ4n) is 3.69. The first-order valence-corrected chi connectivity index (χ1v) is 9.48. The van der Waals surface area contributed by atoms with Crippen molar-refractivity contribution in [1.82, 2.24) is 4.98 Å². The van der Waals surface area contributed by atoms with Crippen molar-refractivity contribution < 1.29 is 18.0 Å². The maximum atomic E-state index is 13.2. The average molecular weight is 412 g/mol. The Bertz CT molecular complexity index is 835. The van der Waals surface area contributed by atoms with Gasteiger partial charge in [-0.1, -0.05) is 11.6 Å². The fourth-order valence-corrected chi connectivity index (χ4v) is 4.05. The number of nitrogens with one attached hydrogen (secondary N) is 1. The summed E-state index contributed by atoms with van der Waals surface area (Å²) in [5.41, 5.74) is 5.38. The summed E-state index contributed by atoms with van der Waals surface area (Å²) in [5.74, 6) is -0.661. The Morgan fingerprint density at radius 2 is 1.96 bits per heavy atom. The number of halogens is 4. The molecule has 28 heavy (non-hydrogen) atoms. The van der Waals surface area contributed by atoms with Crippen molar-refractivity contribution in [2.45, 2.75) is 37.8 Å². The minimum Gasteiger partial charge on any atom is -0.384 e. The molecule has 1 aliphatic rings. The molecule has 4 nitrogen and oxygen atoms in total. The molecule has 0 radical (unpaired) electrons. The lowest BCUT2D eigenvalue weighted by atomic mass is 9.78. The molecular weight excluding hydrogens is 391 g/mol. The van der Waals surface area contributed by atoms with Gasteiger partial charge < -0.3 is 11.1 Å². The molecule has 1 fully saturated rings. The molecular formula is C20H21ClF3N3O. The number of primary amides is 1. The zero-order valence-corrected chi connectivity index (χ0v) is 15.9. The van der Waals surface area contributed by atoms with Crippen LogP contribution in [0, 0.1) is 5.92 Å². The third-order valence-corrected chi connectivity index (χ3v) is 5.66. The van der Waals surface area contributed by atoms with Gasteiger partial charge in [0.15, 0.2) is 0 Å². The molecule has 1 aliphatic carbocycles. The Labute approximate surface area is 166 Å². The van der Waals surface area contributed by atoms with E-state index < -0.39 is 17.6 Å². The Hall–Kier alpha value is -2.28. The van der Waals surface area contributed by atoms with Gasteiger partial charge in [-0.05, 0) is 67.3 Å². The molecule has 3 rings (SSSR count). The second-order valence-electron chi connectivity index (χ2n) is 7.13. The lowest BCUT2D eigenvalue weighted by molar-refractivity contribution is -0.137. The van der Waals surface area contributed by atoms with Gasteiger partial charge in [0.05, 0.1) is 21.8 Å². The van der Waals surface area contributed by atoms with E-state index in [2.05, 4.69) is 10.3 Å². The Morgan fingerprint density at radius 1 is 1.25 bits per heavy atom. The van der Waals surface area contributed by atoms with E-state index in [9.17, 15) is 18.0 Å². The number of nitrogens with zero attached hydrogens (tertiary/aromatic N) is 1. The number of hydrogen-bond donors (Lipinski definition) is 2. The molecule has 0 unspecified atom stereocenters. The minimum absolute atomic E-state index is 0.0393. The maximum Gasteiger partial charge on any atom is 0.416 e. The Balaban J connectivity index is 1.71. The van der Waals surface area contributed by atoms with Crippen molar-refractivity contribution >= 4 is 23.2 Å². The number of anilines is 1. The van der Waals surface area contributed by atoms with E-state index in [4.69, 9.17) is 17.3 Å². The van der Waals surface area contributed by atoms with Crippen molar-refractivity contribution in [3.63, 3.8) is 0 Å². The first kappa shape index (κ1) is 20.5. The van der Waals surface area contributed by atoms with E-state index in [0.29, 0.717) is 24.3 Å². The molecule has 1 amide bonds. The number of carbonyl (C=O) groups is 1. The van der Waals surface area contributed by atoms with Gasteiger partial charge >= 0.3 is 6.18 Å². The van der Waals surface area contributed by atoms with E-state index in [-0.39, 0.29) is 16.5 Å². The molecule has 0 spiro atoms. The van der Waals surface area contributed by atoms with Crippen molar-refractivity contribution in [3.05, 3.63) is 58.4 Å². The van der Waals surface area contributed by atoms with Gasteiger partial charge in [0.2, 0.25) is 5.91 Å². The van der Waals surface area contributed by atoms with Crippen LogP contribution in [-0.4, -0.2) is 17.4 Å². The SMILES string of the molecule is NC(=O)c1cc(C(F)(F)F)cc(C2CCC(CNc3cccnc3)CC2)c1Cl. The molecule has 0 bridgehead atoms. The molecule has 1 aromatic carbocycles. The predicted octanol–water partition coefficient (Wildman–Crippen LogP) is 5.24. The average Bonchev–Trinajstić information content (AvgIpc) is 2.67. The largest absolute Gasteiger partial charge is 0.416 e. The zero-order valence-electron chi connectivity index (χ0n) is 15.1. The summed E-state index contributed by atoms with van der Waals surface area (Å²) in [6.45, 7) is 0.779. The Kier molecular flexibility index (Phi) is 6.13. The molecule has 8 heteroatoms. The molecule has 0 saturated heterocycles. The number of amides is 1. The van der Waals surface area contributed by atoms with Crippen LogP contribution >= 0.6 is 11.6 Å². The van der Waals surface area contributed by atoms with Gasteiger partial charge in [0.1, 0.15) is 0 Å². The third kappa shape index (κ3) is 4.76. The molecule has 0 atom stereocenters. The monoisotopic (exact) mass is 411 g/mol. The molecule has 1 heterocycles. The van der Waals surface area contributed by atoms with Crippen molar-refractivity contribution in [2.75, 3.05) is 11.9 Å². The van der Waals surface area contributed by atoms with Crippen LogP contribution < -0.4 is 11.1 Å². The number of hydrogen-bond acceptors (Lipinski definition) is 3. The first-order chi connectivity index (χ1) is 13.3. The summed E-state index contributed by atoms with van der Waals surface area (Å²) in [7, 11) is 0. The topological polar surface area (TPSA) is 68.0 Å². The number of benzene rings is 1. The van der Waals surface area contributed by atoms with Crippen LogP contribution in [-0.2, 0) is 6.18 Å². The number of aromatic nitrogens is 1. The number of nitrogens with two attached hydrogens (primary N) is 1. The second kappa shape index (κ2) is 8.39. The smallest absolute Gasteiger partial charge is 0.384 e. The summed E-state index contributed by atoms with van der Waals surface area (Å²) in [6.07, 6.45) is 2.02. The molecule has 0 aliphatic heterocycles. The summed E-state index contributed by atoms with van der Waals surface area (Å²) in [6, 6.07) is 5.59. The summed E-state index contributed by atoms with van der Waals surface area (Å²) >= 11 is 6.25. The zero-order chi connectivity index (χ0) is 20.3. The van der Waals surface area contributed by atoms with Crippen LogP contribution in [0.5, 0.6) is 0 Å². The number of pyridine rings is 1. The second-order valence-corrected chi connectivity index (χ2v) is 7.51. The van der Waals surface area contributed by atoms with E-state index in [1.165, 1.54) is 0 Å². The van der Waals surface area contributed by atoms with Crippen LogP contribution in [0.1, 0.15) is 53.1 Å². The molecule has 3 N–H and O–H groups in total. The van der Waals surface area contributed by atoms with Gasteiger partial charge in [-0.15, -0.1) is 0 Å². The van der Waals surface area contributed by atoms with E-state index in [1.54, 1.807) is 12.4 Å². The van der Waals surface area contributed by atoms with Crippen molar-refractivity contribution in [3.8, 4) is 0 Å². The van der Waals surface area contributed by atoms with Crippen LogP contribution in [0.4, 0.5) is 18.9 Å². The van der Waals surface area contributed by atoms with Crippen molar-refractivity contribution in [1.29, 1.82) is 0 Å². The predicted molar refractivity (Wildman–Crippen MR) is 102 cm³/mol. The molecule has 1 saturated carbocycles. The first-order valence-electron chi connectivity index (χ1n) is 9.10. The lowest BCUT2D eigenvalue weighted by Gasteiger charge is -2.30. The van der Waals surface area contributed by atoms with Crippen LogP contribution in [0.2, 0.25) is 5.02 Å². The summed E-state index contributed by atoms with van der Waals surface area (Å²) < 4.78 is 39.7. The standard InChI is InChI=1S/C20H21ClF3N3O/c21-18-16(8-14(20(22,23)24)9-17(18)19(25)28)13-5-3-12(4-6-13)10-27-15-2-1-7-26-11-15/h1-2,7-9,11-13,27H,3-6,10H2,(H2,25,28). The van der Waals surface area contributed by atoms with Gasteiger partial charge in [0.25, 0.3) is 0 Å². The lowest BCUT2D eigenvalue weighted by Crippen LogP contribution is -2.22. The highest BCUT2D eigenvalue weighted by atomic mass is 35.5. The highest BCUT2D eigenvalue weighted by Gasteiger charge is 2.34. The van der Waals surface area contributed by atoms with E-state index >= 15 is 0 Å². The maximum absolute atomic E-state index is 13.2. The normalized spacial score (nSPS) is 20.0. The van der Waals surface area contributed by atoms with E-state index in [1.807, 2.05) is 12.1 Å². The molecule has 1 aromatic heterocycles. The minimum atomic E-state index is -4.56. The van der Waals surface area contributed by atoms with E-state index in [0.717, 1.165) is 37.2 Å². The summed E-state index contributed by atoms with van der Waals surface area (Å²) in [5, 5.41) is 3.37. The van der Waals surface area contributed by atoms with Crippen LogP contribution in [0.25, 0.3) is 0 Å². The van der Waals surface area contributed by atoms with Crippen LogP contribution in [0.15, 0.2) is 36.7 Å². The highest BCUT2D eigenvalue weighted by Crippen LogP contribution is 2.42. The Morgan fingerprint density at radius 3 is 2.54 bits per heavy atom. The van der Waals surface area contributed by atoms with Crippen molar-refractivity contribution in [2.24, 2.45) is 11.7 Å². The molecule has 2 aromatic rings. The third-order valence-electron chi connectivity index (χ3n) is 5.24. The van der Waals surface area contributed by atoms with Gasteiger partial charge in [-0.2, -0.15) is 13.2 Å². The van der Waals surface area contributed by atoms with Gasteiger partial charge in [0, 0.05) is 18.9 Å². The number of rotatable bonds is 5. The van der Waals surface area contributed by atoms with Gasteiger partial charge in [-0.3, -0.25) is 9.78 Å². The fraction of sp³-hybridized carbons (Fsp3) is 0.400. The highest BCUT2D eigenvalue weighted by molar-refractivity contribution is 6.34. The molecule has 150 valence electrons.